The second-order valence-corrected chi connectivity index (χ2v) is 9.71. The molecule has 0 saturated carbocycles. The number of aromatic nitrogens is 2. The molecule has 3 heterocycles. The molecule has 8 nitrogen and oxygen atoms in total. The number of nitrogens with zero attached hydrogens (tertiary/aromatic N) is 5. The van der Waals surface area contributed by atoms with Crippen LogP contribution in [-0.2, 0) is 4.79 Å². The van der Waals surface area contributed by atoms with Crippen molar-refractivity contribution in [1.82, 2.24) is 19.8 Å². The first-order chi connectivity index (χ1) is 17.9. The van der Waals surface area contributed by atoms with Gasteiger partial charge in [0.25, 0.3) is 0 Å². The van der Waals surface area contributed by atoms with Crippen molar-refractivity contribution in [2.45, 2.75) is 0 Å². The SMILES string of the molecule is CN1CCN(CC(=O)N(C)c2ccnc(N=C(c3ccccc3)c3c(O)[nH]c4cc(Cl)ccc34)c2)CC1. The molecule has 1 fully saturated rings. The van der Waals surface area contributed by atoms with Gasteiger partial charge < -0.3 is 19.9 Å². The zero-order chi connectivity index (χ0) is 25.9. The number of carbonyl (C=O) groups excluding carboxylic acids is 1. The molecule has 2 aromatic heterocycles. The second kappa shape index (κ2) is 10.7. The minimum absolute atomic E-state index is 0.00417. The van der Waals surface area contributed by atoms with Gasteiger partial charge in [0.2, 0.25) is 5.91 Å². The Hall–Kier alpha value is -3.72. The van der Waals surface area contributed by atoms with E-state index in [-0.39, 0.29) is 11.8 Å². The molecule has 190 valence electrons. The summed E-state index contributed by atoms with van der Waals surface area (Å²) in [6.45, 7) is 4.04. The van der Waals surface area contributed by atoms with Crippen molar-refractivity contribution >= 4 is 45.6 Å². The number of amides is 1. The number of H-pyrrole nitrogens is 1. The van der Waals surface area contributed by atoms with Crippen LogP contribution in [-0.4, -0.2) is 83.3 Å². The van der Waals surface area contributed by atoms with E-state index in [1.807, 2.05) is 36.4 Å². The van der Waals surface area contributed by atoms with Crippen LogP contribution in [0, 0.1) is 0 Å². The predicted molar refractivity (Wildman–Crippen MR) is 148 cm³/mol. The van der Waals surface area contributed by atoms with Crippen molar-refractivity contribution in [3.05, 3.63) is 83.0 Å². The summed E-state index contributed by atoms with van der Waals surface area (Å²) in [6, 6.07) is 18.6. The van der Waals surface area contributed by atoms with E-state index < -0.39 is 0 Å². The van der Waals surface area contributed by atoms with Crippen molar-refractivity contribution in [3.63, 3.8) is 0 Å². The number of halogens is 1. The van der Waals surface area contributed by atoms with E-state index in [2.05, 4.69) is 26.8 Å². The van der Waals surface area contributed by atoms with Crippen molar-refractivity contribution in [1.29, 1.82) is 0 Å². The lowest BCUT2D eigenvalue weighted by Crippen LogP contribution is -2.48. The molecule has 1 aliphatic rings. The molecule has 2 N–H and O–H groups in total. The molecular formula is C28H29ClN6O2. The van der Waals surface area contributed by atoms with Crippen molar-refractivity contribution < 1.29 is 9.90 Å². The monoisotopic (exact) mass is 516 g/mol. The van der Waals surface area contributed by atoms with Crippen molar-refractivity contribution in [3.8, 4) is 5.88 Å². The Morgan fingerprint density at radius 2 is 1.86 bits per heavy atom. The number of aliphatic imine (C=N–C) groups is 1. The lowest BCUT2D eigenvalue weighted by atomic mass is 10.0. The minimum atomic E-state index is -0.00417. The Morgan fingerprint density at radius 3 is 2.62 bits per heavy atom. The third kappa shape index (κ3) is 5.51. The van der Waals surface area contributed by atoms with Gasteiger partial charge in [0.15, 0.2) is 11.7 Å². The number of aromatic hydroxyl groups is 1. The van der Waals surface area contributed by atoms with Crippen LogP contribution in [0.25, 0.3) is 10.9 Å². The number of pyridine rings is 1. The van der Waals surface area contributed by atoms with Gasteiger partial charge in [-0.05, 0) is 25.2 Å². The van der Waals surface area contributed by atoms with Gasteiger partial charge in [-0.1, -0.05) is 48.0 Å². The number of hydrogen-bond acceptors (Lipinski definition) is 6. The van der Waals surface area contributed by atoms with Gasteiger partial charge >= 0.3 is 0 Å². The fraction of sp³-hybridized carbons (Fsp3) is 0.250. The third-order valence-corrected chi connectivity index (χ3v) is 6.93. The molecule has 9 heteroatoms. The van der Waals surface area contributed by atoms with Crippen molar-refractivity contribution in [2.24, 2.45) is 4.99 Å². The van der Waals surface area contributed by atoms with Gasteiger partial charge in [0.05, 0.1) is 23.3 Å². The average Bonchev–Trinajstić information content (AvgIpc) is 3.23. The number of nitrogens with one attached hydrogen (secondary N) is 1. The maximum atomic E-state index is 13.0. The van der Waals surface area contributed by atoms with Crippen molar-refractivity contribution in [2.75, 3.05) is 51.7 Å². The fourth-order valence-corrected chi connectivity index (χ4v) is 4.67. The average molecular weight is 517 g/mol. The number of anilines is 1. The van der Waals surface area contributed by atoms with Crippen LogP contribution in [0.3, 0.4) is 0 Å². The number of fused-ring (bicyclic) bond motifs is 1. The fourth-order valence-electron chi connectivity index (χ4n) is 4.50. The van der Waals surface area contributed by atoms with Gasteiger partial charge in [-0.2, -0.15) is 0 Å². The Balaban J connectivity index is 1.49. The molecule has 0 spiro atoms. The maximum Gasteiger partial charge on any atom is 0.240 e. The molecule has 0 bridgehead atoms. The van der Waals surface area contributed by atoms with Gasteiger partial charge in [-0.15, -0.1) is 0 Å². The number of likely N-dealkylation sites (N-methyl/N-ethyl adjacent to an activating group) is 2. The Kier molecular flexibility index (Phi) is 7.23. The highest BCUT2D eigenvalue weighted by Crippen LogP contribution is 2.33. The van der Waals surface area contributed by atoms with E-state index in [4.69, 9.17) is 16.6 Å². The lowest BCUT2D eigenvalue weighted by molar-refractivity contribution is -0.119. The number of piperazine rings is 1. The first kappa shape index (κ1) is 25.0. The van der Waals surface area contributed by atoms with E-state index >= 15 is 0 Å². The summed E-state index contributed by atoms with van der Waals surface area (Å²) in [6.07, 6.45) is 1.64. The molecule has 0 atom stereocenters. The Bertz CT molecular complexity index is 1440. The highest BCUT2D eigenvalue weighted by molar-refractivity contribution is 6.31. The summed E-state index contributed by atoms with van der Waals surface area (Å²) in [7, 11) is 3.87. The van der Waals surface area contributed by atoms with Gasteiger partial charge in [0, 0.05) is 67.1 Å². The van der Waals surface area contributed by atoms with Crippen LogP contribution in [0.15, 0.2) is 71.9 Å². The second-order valence-electron chi connectivity index (χ2n) is 9.27. The number of carbonyl (C=O) groups is 1. The minimum Gasteiger partial charge on any atom is -0.494 e. The van der Waals surface area contributed by atoms with Crippen LogP contribution in [0.1, 0.15) is 11.1 Å². The molecule has 4 aromatic rings. The summed E-state index contributed by atoms with van der Waals surface area (Å²) in [5.41, 5.74) is 3.35. The lowest BCUT2D eigenvalue weighted by Gasteiger charge is -2.32. The summed E-state index contributed by atoms with van der Waals surface area (Å²) in [4.78, 5) is 31.4. The highest BCUT2D eigenvalue weighted by atomic mass is 35.5. The predicted octanol–water partition coefficient (Wildman–Crippen LogP) is 4.30. The molecule has 1 saturated heterocycles. The molecule has 2 aromatic carbocycles. The first-order valence-electron chi connectivity index (χ1n) is 12.2. The topological polar surface area (TPSA) is 88.1 Å². The molecule has 0 radical (unpaired) electrons. The quantitative estimate of drug-likeness (QED) is 0.373. The van der Waals surface area contributed by atoms with Gasteiger partial charge in [-0.25, -0.2) is 9.98 Å². The first-order valence-corrected chi connectivity index (χ1v) is 12.5. The Morgan fingerprint density at radius 1 is 1.11 bits per heavy atom. The van der Waals surface area contributed by atoms with Crippen LogP contribution in [0.4, 0.5) is 11.5 Å². The largest absolute Gasteiger partial charge is 0.494 e. The van der Waals surface area contributed by atoms with Crippen LogP contribution in [0.5, 0.6) is 5.88 Å². The summed E-state index contributed by atoms with van der Waals surface area (Å²) in [5.74, 6) is 0.439. The van der Waals surface area contributed by atoms with E-state index in [0.717, 1.165) is 37.1 Å². The van der Waals surface area contributed by atoms with E-state index in [1.165, 1.54) is 0 Å². The summed E-state index contributed by atoms with van der Waals surface area (Å²) < 4.78 is 0. The molecule has 5 rings (SSSR count). The smallest absolute Gasteiger partial charge is 0.240 e. The number of rotatable bonds is 6. The van der Waals surface area contributed by atoms with E-state index in [1.54, 1.807) is 42.4 Å². The zero-order valence-corrected chi connectivity index (χ0v) is 21.6. The standard InChI is InChI=1S/C28H29ClN6O2/c1-33-12-14-35(15-13-33)18-25(36)34(2)21-10-11-30-24(17-21)32-27(19-6-4-3-5-7-19)26-22-9-8-20(29)16-23(22)31-28(26)37/h3-11,16-17,31,37H,12-15,18H2,1-2H3. The van der Waals surface area contributed by atoms with Crippen LogP contribution in [0.2, 0.25) is 5.02 Å². The van der Waals surface area contributed by atoms with Gasteiger partial charge in [-0.3, -0.25) is 9.69 Å². The number of benzene rings is 2. The molecule has 1 amide bonds. The van der Waals surface area contributed by atoms with E-state index in [0.29, 0.717) is 39.9 Å². The highest BCUT2D eigenvalue weighted by Gasteiger charge is 2.21. The summed E-state index contributed by atoms with van der Waals surface area (Å²) >= 11 is 6.17. The molecule has 37 heavy (non-hydrogen) atoms. The summed E-state index contributed by atoms with van der Waals surface area (Å²) in [5, 5.41) is 12.2. The number of hydrogen-bond donors (Lipinski definition) is 2. The normalized spacial score (nSPS) is 15.3. The van der Waals surface area contributed by atoms with E-state index in [9.17, 15) is 9.90 Å². The maximum absolute atomic E-state index is 13.0. The molecule has 1 aliphatic heterocycles. The van der Waals surface area contributed by atoms with Gasteiger partial charge in [0.1, 0.15) is 0 Å². The molecule has 0 aliphatic carbocycles. The molecule has 0 unspecified atom stereocenters. The zero-order valence-electron chi connectivity index (χ0n) is 20.9. The number of aromatic amines is 1. The van der Waals surface area contributed by atoms with Crippen LogP contribution < -0.4 is 4.90 Å². The molecular weight excluding hydrogens is 488 g/mol. The third-order valence-electron chi connectivity index (χ3n) is 6.70. The Labute approximate surface area is 220 Å². The van der Waals surface area contributed by atoms with Crippen LogP contribution >= 0.6 is 11.6 Å².